The number of amides is 1. The molecule has 0 spiro atoms. The van der Waals surface area contributed by atoms with E-state index in [0.717, 1.165) is 28.2 Å². The number of thiazole rings is 1. The Morgan fingerprint density at radius 3 is 2.59 bits per heavy atom. The lowest BCUT2D eigenvalue weighted by atomic mass is 9.98. The number of piperidine rings is 1. The lowest BCUT2D eigenvalue weighted by Gasteiger charge is -2.31. The van der Waals surface area contributed by atoms with Crippen LogP contribution in [0.1, 0.15) is 23.4 Å². The van der Waals surface area contributed by atoms with Crippen LogP contribution in [0.2, 0.25) is 0 Å². The molecule has 8 heteroatoms. The molecular formula is C24H27N3O3S2. The molecule has 32 heavy (non-hydrogen) atoms. The predicted octanol–water partition coefficient (Wildman–Crippen LogP) is 3.88. The normalized spacial score (nSPS) is 17.2. The fraction of sp³-hybridized carbons (Fsp3) is 0.333. The summed E-state index contributed by atoms with van der Waals surface area (Å²) >= 11 is 1.63. The lowest BCUT2D eigenvalue weighted by Crippen LogP contribution is -2.45. The topological polar surface area (TPSA) is 79.4 Å². The van der Waals surface area contributed by atoms with Crippen LogP contribution in [0.15, 0.2) is 64.9 Å². The Morgan fingerprint density at radius 1 is 1.16 bits per heavy atom. The van der Waals surface area contributed by atoms with Crippen LogP contribution in [0.25, 0.3) is 11.3 Å². The van der Waals surface area contributed by atoms with E-state index < -0.39 is 10.0 Å². The first kappa shape index (κ1) is 22.6. The summed E-state index contributed by atoms with van der Waals surface area (Å²) in [5, 5.41) is 6.09. The highest BCUT2D eigenvalue weighted by molar-refractivity contribution is 7.89. The number of nitrogens with one attached hydrogen (secondary N) is 1. The first-order chi connectivity index (χ1) is 15.4. The Hall–Kier alpha value is -2.55. The van der Waals surface area contributed by atoms with Crippen molar-refractivity contribution in [2.45, 2.75) is 31.1 Å². The monoisotopic (exact) mass is 469 g/mol. The van der Waals surface area contributed by atoms with Gasteiger partial charge in [0.2, 0.25) is 15.9 Å². The summed E-state index contributed by atoms with van der Waals surface area (Å²) in [6.45, 7) is 3.19. The highest BCUT2D eigenvalue weighted by atomic mass is 32.2. The highest BCUT2D eigenvalue weighted by Gasteiger charge is 2.33. The minimum atomic E-state index is -3.57. The van der Waals surface area contributed by atoms with Crippen molar-refractivity contribution in [3.8, 4) is 11.3 Å². The number of rotatable bonds is 7. The largest absolute Gasteiger partial charge is 0.355 e. The van der Waals surface area contributed by atoms with Gasteiger partial charge in [0, 0.05) is 30.6 Å². The fourth-order valence-electron chi connectivity index (χ4n) is 3.93. The van der Waals surface area contributed by atoms with Crippen molar-refractivity contribution in [1.29, 1.82) is 0 Å². The number of nitrogens with zero attached hydrogens (tertiary/aromatic N) is 2. The molecule has 2 aromatic carbocycles. The van der Waals surface area contributed by atoms with Gasteiger partial charge in [-0.1, -0.05) is 42.5 Å². The van der Waals surface area contributed by atoms with Crippen LogP contribution in [-0.2, 0) is 21.2 Å². The average Bonchev–Trinajstić information content (AvgIpc) is 3.26. The number of benzene rings is 2. The summed E-state index contributed by atoms with van der Waals surface area (Å²) in [5.74, 6) is -0.398. The lowest BCUT2D eigenvalue weighted by molar-refractivity contribution is -0.126. The van der Waals surface area contributed by atoms with Crippen molar-refractivity contribution in [1.82, 2.24) is 14.6 Å². The quantitative estimate of drug-likeness (QED) is 0.570. The maximum atomic E-state index is 12.9. The molecule has 1 amide bonds. The maximum Gasteiger partial charge on any atom is 0.243 e. The molecule has 1 aliphatic rings. The van der Waals surface area contributed by atoms with Crippen molar-refractivity contribution in [3.63, 3.8) is 0 Å². The van der Waals surface area contributed by atoms with Crippen LogP contribution < -0.4 is 5.32 Å². The highest BCUT2D eigenvalue weighted by Crippen LogP contribution is 2.24. The van der Waals surface area contributed by atoms with Crippen LogP contribution in [0, 0.1) is 12.8 Å². The molecule has 1 N–H and O–H groups in total. The molecule has 6 nitrogen and oxygen atoms in total. The number of hydrogen-bond donors (Lipinski definition) is 1. The second-order valence-electron chi connectivity index (χ2n) is 8.00. The molecule has 0 aliphatic carbocycles. The van der Waals surface area contributed by atoms with Gasteiger partial charge in [0.05, 0.1) is 21.5 Å². The number of carbonyl (C=O) groups excluding carboxylic acids is 1. The van der Waals surface area contributed by atoms with Gasteiger partial charge < -0.3 is 5.32 Å². The van der Waals surface area contributed by atoms with E-state index in [1.165, 1.54) is 4.31 Å². The van der Waals surface area contributed by atoms with E-state index in [-0.39, 0.29) is 23.3 Å². The summed E-state index contributed by atoms with van der Waals surface area (Å²) in [7, 11) is -3.57. The van der Waals surface area contributed by atoms with Gasteiger partial charge in [-0.3, -0.25) is 4.79 Å². The molecule has 1 aliphatic heterocycles. The molecule has 2 heterocycles. The Kier molecular flexibility index (Phi) is 7.03. The molecule has 1 saturated heterocycles. The molecule has 0 saturated carbocycles. The molecule has 168 valence electrons. The van der Waals surface area contributed by atoms with Crippen LogP contribution in [0.3, 0.4) is 0 Å². The Morgan fingerprint density at radius 2 is 1.91 bits per heavy atom. The van der Waals surface area contributed by atoms with Crippen LogP contribution in [0.4, 0.5) is 0 Å². The molecule has 0 bridgehead atoms. The van der Waals surface area contributed by atoms with Crippen molar-refractivity contribution < 1.29 is 13.2 Å². The second kappa shape index (κ2) is 9.94. The Balaban J connectivity index is 1.29. The third-order valence-corrected chi connectivity index (χ3v) is 8.37. The van der Waals surface area contributed by atoms with Gasteiger partial charge >= 0.3 is 0 Å². The van der Waals surface area contributed by atoms with Crippen molar-refractivity contribution in [3.05, 3.63) is 70.5 Å². The Bertz CT molecular complexity index is 1160. The number of aryl methyl sites for hydroxylation is 1. The molecule has 0 radical (unpaired) electrons. The average molecular weight is 470 g/mol. The molecule has 3 aromatic rings. The SMILES string of the molecule is Cc1nc(-c2ccc(CCNC(=O)C3CCCN(S(=O)(=O)c4ccccc4)C3)cc2)cs1. The molecule has 1 fully saturated rings. The van der Waals surface area contributed by atoms with E-state index in [1.54, 1.807) is 41.7 Å². The molecule has 1 aromatic heterocycles. The zero-order valence-corrected chi connectivity index (χ0v) is 19.7. The fourth-order valence-corrected chi connectivity index (χ4v) is 6.10. The van der Waals surface area contributed by atoms with Gasteiger partial charge in [-0.2, -0.15) is 4.31 Å². The molecule has 1 atom stereocenters. The minimum Gasteiger partial charge on any atom is -0.355 e. The predicted molar refractivity (Wildman–Crippen MR) is 127 cm³/mol. The van der Waals surface area contributed by atoms with Crippen molar-refractivity contribution >= 4 is 27.3 Å². The molecule has 4 rings (SSSR count). The molecule has 1 unspecified atom stereocenters. The van der Waals surface area contributed by atoms with Gasteiger partial charge in [0.15, 0.2) is 0 Å². The van der Waals surface area contributed by atoms with E-state index in [2.05, 4.69) is 39.9 Å². The second-order valence-corrected chi connectivity index (χ2v) is 11.0. The number of carbonyl (C=O) groups is 1. The number of sulfonamides is 1. The number of aromatic nitrogens is 1. The zero-order chi connectivity index (χ0) is 22.6. The van der Waals surface area contributed by atoms with Gasteiger partial charge in [-0.25, -0.2) is 13.4 Å². The standard InChI is InChI=1S/C24H27N3O3S2/c1-18-26-23(17-31-18)20-11-9-19(10-12-20)13-14-25-24(28)21-6-5-15-27(16-21)32(29,30)22-7-3-2-4-8-22/h2-4,7-12,17,21H,5-6,13-16H2,1H3,(H,25,28). The van der Waals surface area contributed by atoms with Crippen LogP contribution in [-0.4, -0.2) is 43.2 Å². The van der Waals surface area contributed by atoms with Gasteiger partial charge in [0.25, 0.3) is 0 Å². The maximum absolute atomic E-state index is 12.9. The van der Waals surface area contributed by atoms with Gasteiger partial charge in [-0.15, -0.1) is 11.3 Å². The van der Waals surface area contributed by atoms with Crippen LogP contribution in [0.5, 0.6) is 0 Å². The first-order valence-electron chi connectivity index (χ1n) is 10.8. The van der Waals surface area contributed by atoms with E-state index in [4.69, 9.17) is 0 Å². The minimum absolute atomic E-state index is 0.0764. The van der Waals surface area contributed by atoms with Crippen molar-refractivity contribution in [2.75, 3.05) is 19.6 Å². The number of hydrogen-bond acceptors (Lipinski definition) is 5. The zero-order valence-electron chi connectivity index (χ0n) is 18.0. The summed E-state index contributed by atoms with van der Waals surface area (Å²) in [4.78, 5) is 17.5. The van der Waals surface area contributed by atoms with Crippen molar-refractivity contribution in [2.24, 2.45) is 5.92 Å². The Labute approximate surface area is 193 Å². The van der Waals surface area contributed by atoms with E-state index in [0.29, 0.717) is 25.9 Å². The first-order valence-corrected chi connectivity index (χ1v) is 13.1. The summed E-state index contributed by atoms with van der Waals surface area (Å²) in [5.41, 5.74) is 3.21. The van der Waals surface area contributed by atoms with Gasteiger partial charge in [0.1, 0.15) is 0 Å². The smallest absolute Gasteiger partial charge is 0.243 e. The van der Waals surface area contributed by atoms with E-state index in [9.17, 15) is 13.2 Å². The third-order valence-electron chi connectivity index (χ3n) is 5.72. The molecular weight excluding hydrogens is 442 g/mol. The van der Waals surface area contributed by atoms with Crippen LogP contribution >= 0.6 is 11.3 Å². The van der Waals surface area contributed by atoms with E-state index >= 15 is 0 Å². The third kappa shape index (κ3) is 5.26. The summed E-state index contributed by atoms with van der Waals surface area (Å²) in [6.07, 6.45) is 2.11. The summed E-state index contributed by atoms with van der Waals surface area (Å²) in [6, 6.07) is 16.6. The van der Waals surface area contributed by atoms with Gasteiger partial charge in [-0.05, 0) is 43.9 Å². The summed E-state index contributed by atoms with van der Waals surface area (Å²) < 4.78 is 27.2. The van der Waals surface area contributed by atoms with E-state index in [1.807, 2.05) is 6.92 Å².